The highest BCUT2D eigenvalue weighted by Gasteiger charge is 2.30. The van der Waals surface area contributed by atoms with Gasteiger partial charge in [-0.3, -0.25) is 0 Å². The van der Waals surface area contributed by atoms with Crippen molar-refractivity contribution < 1.29 is 0 Å². The minimum absolute atomic E-state index is 0.432. The molecule has 1 rings (SSSR count). The smallest absolute Gasteiger partial charge is 0.104 e. The molecule has 0 radical (unpaired) electrons. The standard InChI is InChI=1S/C9H16N2/c1-9(11,7-10)8-5-3-2-4-6-8/h8H,2-6,11H2,1H3/t9-/m1/s1. The van der Waals surface area contributed by atoms with Crippen LogP contribution in [0.25, 0.3) is 0 Å². The van der Waals surface area contributed by atoms with E-state index in [0.29, 0.717) is 5.92 Å². The van der Waals surface area contributed by atoms with Crippen LogP contribution in [0.5, 0.6) is 0 Å². The second kappa shape index (κ2) is 3.23. The first-order valence-corrected chi connectivity index (χ1v) is 4.37. The average molecular weight is 152 g/mol. The third kappa shape index (κ3) is 1.94. The summed E-state index contributed by atoms with van der Waals surface area (Å²) in [5.74, 6) is 0.432. The Bertz CT molecular complexity index is 161. The fourth-order valence-corrected chi connectivity index (χ4v) is 1.79. The van der Waals surface area contributed by atoms with Gasteiger partial charge in [-0.1, -0.05) is 19.3 Å². The molecule has 0 aromatic rings. The Kier molecular flexibility index (Phi) is 2.51. The Balaban J connectivity index is 2.52. The van der Waals surface area contributed by atoms with Crippen LogP contribution in [0.3, 0.4) is 0 Å². The lowest BCUT2D eigenvalue weighted by Crippen LogP contribution is -2.43. The second-order valence-electron chi connectivity index (χ2n) is 3.73. The van der Waals surface area contributed by atoms with Crippen LogP contribution in [-0.2, 0) is 0 Å². The highest BCUT2D eigenvalue weighted by atomic mass is 14.7. The van der Waals surface area contributed by atoms with Crippen LogP contribution in [0.4, 0.5) is 0 Å². The minimum atomic E-state index is -0.583. The molecule has 0 unspecified atom stereocenters. The van der Waals surface area contributed by atoms with Crippen molar-refractivity contribution >= 4 is 0 Å². The molecule has 2 nitrogen and oxygen atoms in total. The Morgan fingerprint density at radius 3 is 2.36 bits per heavy atom. The quantitative estimate of drug-likeness (QED) is 0.623. The molecule has 11 heavy (non-hydrogen) atoms. The van der Waals surface area contributed by atoms with E-state index in [0.717, 1.165) is 12.8 Å². The molecule has 0 amide bonds. The van der Waals surface area contributed by atoms with Gasteiger partial charge in [-0.15, -0.1) is 0 Å². The molecular weight excluding hydrogens is 136 g/mol. The van der Waals surface area contributed by atoms with E-state index >= 15 is 0 Å². The lowest BCUT2D eigenvalue weighted by atomic mass is 9.77. The van der Waals surface area contributed by atoms with Gasteiger partial charge in [-0.25, -0.2) is 0 Å². The summed E-state index contributed by atoms with van der Waals surface area (Å²) in [5.41, 5.74) is 5.25. The third-order valence-corrected chi connectivity index (χ3v) is 2.69. The molecule has 1 fully saturated rings. The Labute approximate surface area is 68.4 Å². The molecule has 2 N–H and O–H groups in total. The lowest BCUT2D eigenvalue weighted by Gasteiger charge is -2.30. The monoisotopic (exact) mass is 152 g/mol. The van der Waals surface area contributed by atoms with E-state index in [1.54, 1.807) is 0 Å². The first-order chi connectivity index (χ1) is 5.17. The molecule has 0 saturated heterocycles. The first kappa shape index (κ1) is 8.55. The van der Waals surface area contributed by atoms with E-state index < -0.39 is 5.54 Å². The van der Waals surface area contributed by atoms with Crippen molar-refractivity contribution in [2.45, 2.75) is 44.6 Å². The molecular formula is C9H16N2. The van der Waals surface area contributed by atoms with Gasteiger partial charge in [-0.05, 0) is 25.7 Å². The summed E-state index contributed by atoms with van der Waals surface area (Å²) in [6.45, 7) is 1.85. The van der Waals surface area contributed by atoms with E-state index in [9.17, 15) is 0 Å². The molecule has 1 saturated carbocycles. The maximum atomic E-state index is 8.77. The van der Waals surface area contributed by atoms with Crippen LogP contribution in [0.15, 0.2) is 0 Å². The number of nitriles is 1. The molecule has 1 aliphatic carbocycles. The van der Waals surface area contributed by atoms with Crippen LogP contribution in [0.2, 0.25) is 0 Å². The molecule has 0 aliphatic heterocycles. The fraction of sp³-hybridized carbons (Fsp3) is 0.889. The highest BCUT2D eigenvalue weighted by molar-refractivity contribution is 5.05. The molecule has 0 heterocycles. The summed E-state index contributed by atoms with van der Waals surface area (Å²) < 4.78 is 0. The first-order valence-electron chi connectivity index (χ1n) is 4.37. The van der Waals surface area contributed by atoms with Gasteiger partial charge in [0.15, 0.2) is 0 Å². The maximum absolute atomic E-state index is 8.77. The van der Waals surface area contributed by atoms with Gasteiger partial charge in [0.2, 0.25) is 0 Å². The third-order valence-electron chi connectivity index (χ3n) is 2.69. The number of nitrogens with zero attached hydrogens (tertiary/aromatic N) is 1. The zero-order valence-electron chi connectivity index (χ0n) is 7.14. The molecule has 0 bridgehead atoms. The summed E-state index contributed by atoms with van der Waals surface area (Å²) in [6, 6.07) is 2.19. The van der Waals surface area contributed by atoms with Crippen molar-refractivity contribution in [1.82, 2.24) is 0 Å². The van der Waals surface area contributed by atoms with Crippen molar-refractivity contribution in [1.29, 1.82) is 5.26 Å². The number of hydrogen-bond donors (Lipinski definition) is 1. The van der Waals surface area contributed by atoms with E-state index in [4.69, 9.17) is 11.0 Å². The Hall–Kier alpha value is -0.550. The van der Waals surface area contributed by atoms with E-state index in [1.807, 2.05) is 6.92 Å². The molecule has 62 valence electrons. The maximum Gasteiger partial charge on any atom is 0.104 e. The second-order valence-corrected chi connectivity index (χ2v) is 3.73. The predicted octanol–water partition coefficient (Wildman–Crippen LogP) is 1.81. The van der Waals surface area contributed by atoms with Crippen LogP contribution in [-0.4, -0.2) is 5.54 Å². The van der Waals surface area contributed by atoms with Crippen molar-refractivity contribution in [3.05, 3.63) is 0 Å². The zero-order valence-corrected chi connectivity index (χ0v) is 7.14. The van der Waals surface area contributed by atoms with Gasteiger partial charge in [0, 0.05) is 0 Å². The van der Waals surface area contributed by atoms with Crippen LogP contribution >= 0.6 is 0 Å². The van der Waals surface area contributed by atoms with Gasteiger partial charge < -0.3 is 5.73 Å². The van der Waals surface area contributed by atoms with Crippen molar-refractivity contribution in [2.24, 2.45) is 11.7 Å². The summed E-state index contributed by atoms with van der Waals surface area (Å²) in [6.07, 6.45) is 6.09. The summed E-state index contributed by atoms with van der Waals surface area (Å²) in [5, 5.41) is 8.77. The van der Waals surface area contributed by atoms with Crippen molar-refractivity contribution in [3.8, 4) is 6.07 Å². The summed E-state index contributed by atoms with van der Waals surface area (Å²) in [4.78, 5) is 0. The van der Waals surface area contributed by atoms with Crippen LogP contribution in [0, 0.1) is 17.2 Å². The molecule has 0 spiro atoms. The largest absolute Gasteiger partial charge is 0.313 e. The average Bonchev–Trinajstić information content (AvgIpc) is 2.06. The van der Waals surface area contributed by atoms with Crippen LogP contribution in [0.1, 0.15) is 39.0 Å². The van der Waals surface area contributed by atoms with E-state index in [-0.39, 0.29) is 0 Å². The predicted molar refractivity (Wildman–Crippen MR) is 44.8 cm³/mol. The number of hydrogen-bond acceptors (Lipinski definition) is 2. The molecule has 0 aromatic carbocycles. The lowest BCUT2D eigenvalue weighted by molar-refractivity contribution is 0.270. The molecule has 1 atom stereocenters. The van der Waals surface area contributed by atoms with Crippen molar-refractivity contribution in [2.75, 3.05) is 0 Å². The van der Waals surface area contributed by atoms with Gasteiger partial charge >= 0.3 is 0 Å². The molecule has 1 aliphatic rings. The normalized spacial score (nSPS) is 25.5. The topological polar surface area (TPSA) is 49.8 Å². The minimum Gasteiger partial charge on any atom is -0.313 e. The number of rotatable bonds is 1. The van der Waals surface area contributed by atoms with Crippen LogP contribution < -0.4 is 5.73 Å². The van der Waals surface area contributed by atoms with Gasteiger partial charge in [-0.2, -0.15) is 5.26 Å². The summed E-state index contributed by atoms with van der Waals surface area (Å²) in [7, 11) is 0. The van der Waals surface area contributed by atoms with Crippen molar-refractivity contribution in [3.63, 3.8) is 0 Å². The molecule has 0 aromatic heterocycles. The SMILES string of the molecule is C[C@@](N)(C#N)C1CCCCC1. The van der Waals surface area contributed by atoms with E-state index in [2.05, 4.69) is 6.07 Å². The molecule has 2 heteroatoms. The number of nitrogens with two attached hydrogens (primary N) is 1. The Morgan fingerprint density at radius 1 is 1.36 bits per heavy atom. The highest BCUT2D eigenvalue weighted by Crippen LogP contribution is 2.30. The van der Waals surface area contributed by atoms with Gasteiger partial charge in [0.1, 0.15) is 5.54 Å². The van der Waals surface area contributed by atoms with E-state index in [1.165, 1.54) is 19.3 Å². The summed E-state index contributed by atoms with van der Waals surface area (Å²) >= 11 is 0. The zero-order chi connectivity index (χ0) is 8.32. The Morgan fingerprint density at radius 2 is 1.91 bits per heavy atom. The van der Waals surface area contributed by atoms with Gasteiger partial charge in [0.05, 0.1) is 6.07 Å². The fourth-order valence-electron chi connectivity index (χ4n) is 1.79. The van der Waals surface area contributed by atoms with Gasteiger partial charge in [0.25, 0.3) is 0 Å².